The van der Waals surface area contributed by atoms with E-state index in [0.29, 0.717) is 0 Å². The first kappa shape index (κ1) is 14.1. The predicted molar refractivity (Wildman–Crippen MR) is 76.0 cm³/mol. The molecule has 0 radical (unpaired) electrons. The minimum absolute atomic E-state index is 0.0459. The van der Waals surface area contributed by atoms with Gasteiger partial charge in [-0.1, -0.05) is 13.3 Å². The molecule has 106 valence electrons. The lowest BCUT2D eigenvalue weighted by Crippen LogP contribution is -2.22. The van der Waals surface area contributed by atoms with E-state index in [1.54, 1.807) is 6.92 Å². The molecule has 1 aliphatic rings. The van der Waals surface area contributed by atoms with Crippen LogP contribution in [0.15, 0.2) is 6.20 Å². The van der Waals surface area contributed by atoms with Crippen molar-refractivity contribution in [2.24, 2.45) is 5.92 Å². The lowest BCUT2D eigenvalue weighted by atomic mass is 9.92. The summed E-state index contributed by atoms with van der Waals surface area (Å²) >= 11 is 0. The zero-order valence-electron chi connectivity index (χ0n) is 12.1. The van der Waals surface area contributed by atoms with Crippen LogP contribution in [0.2, 0.25) is 0 Å². The summed E-state index contributed by atoms with van der Waals surface area (Å²) in [7, 11) is 0. The average molecular weight is 263 g/mol. The van der Waals surface area contributed by atoms with Crippen LogP contribution in [0.25, 0.3) is 0 Å². The van der Waals surface area contributed by atoms with E-state index in [9.17, 15) is 4.79 Å². The van der Waals surface area contributed by atoms with E-state index in [1.165, 1.54) is 36.9 Å². The number of hydrogen-bond donors (Lipinski definition) is 1. The normalized spacial score (nSPS) is 19.4. The molecule has 1 unspecified atom stereocenters. The van der Waals surface area contributed by atoms with Gasteiger partial charge >= 0.3 is 0 Å². The minimum Gasteiger partial charge on any atom is -0.356 e. The Kier molecular flexibility index (Phi) is 5.00. The van der Waals surface area contributed by atoms with E-state index in [2.05, 4.69) is 22.0 Å². The summed E-state index contributed by atoms with van der Waals surface area (Å²) in [4.78, 5) is 10.8. The van der Waals surface area contributed by atoms with E-state index >= 15 is 0 Å². The molecule has 0 saturated carbocycles. The van der Waals surface area contributed by atoms with Crippen LogP contribution in [-0.2, 0) is 24.2 Å². The van der Waals surface area contributed by atoms with Gasteiger partial charge in [-0.2, -0.15) is 5.10 Å². The molecule has 1 aliphatic carbocycles. The van der Waals surface area contributed by atoms with E-state index in [0.717, 1.165) is 31.8 Å². The third kappa shape index (κ3) is 4.08. The van der Waals surface area contributed by atoms with Crippen LogP contribution in [0.3, 0.4) is 0 Å². The van der Waals surface area contributed by atoms with Crippen molar-refractivity contribution in [2.75, 3.05) is 6.54 Å². The Morgan fingerprint density at radius 2 is 2.32 bits per heavy atom. The van der Waals surface area contributed by atoms with Crippen molar-refractivity contribution in [1.29, 1.82) is 0 Å². The molecular weight excluding hydrogens is 238 g/mol. The molecule has 0 bridgehead atoms. The highest BCUT2D eigenvalue weighted by Crippen LogP contribution is 2.23. The quantitative estimate of drug-likeness (QED) is 0.847. The van der Waals surface area contributed by atoms with Crippen LogP contribution in [0.5, 0.6) is 0 Å². The maximum Gasteiger partial charge on any atom is 0.216 e. The Labute approximate surface area is 115 Å². The number of hydrogen-bond acceptors (Lipinski definition) is 2. The number of fused-ring (bicyclic) bond motifs is 1. The first-order chi connectivity index (χ1) is 9.16. The number of rotatable bonds is 4. The van der Waals surface area contributed by atoms with Crippen molar-refractivity contribution in [3.05, 3.63) is 17.5 Å². The highest BCUT2D eigenvalue weighted by Gasteiger charge is 2.15. The summed E-state index contributed by atoms with van der Waals surface area (Å²) in [6.45, 7) is 5.55. The summed E-state index contributed by atoms with van der Waals surface area (Å²) < 4.78 is 2.15. The van der Waals surface area contributed by atoms with Gasteiger partial charge in [0.15, 0.2) is 0 Å². The Hall–Kier alpha value is -1.32. The highest BCUT2D eigenvalue weighted by molar-refractivity contribution is 5.72. The summed E-state index contributed by atoms with van der Waals surface area (Å²) in [5.74, 6) is 0.875. The number of amides is 1. The van der Waals surface area contributed by atoms with Crippen molar-refractivity contribution in [2.45, 2.75) is 58.9 Å². The van der Waals surface area contributed by atoms with Gasteiger partial charge in [-0.15, -0.1) is 0 Å². The van der Waals surface area contributed by atoms with Gasteiger partial charge in [-0.25, -0.2) is 0 Å². The molecule has 0 fully saturated rings. The van der Waals surface area contributed by atoms with E-state index in [1.807, 2.05) is 6.20 Å². The molecule has 0 saturated heterocycles. The zero-order valence-corrected chi connectivity index (χ0v) is 12.1. The van der Waals surface area contributed by atoms with Crippen LogP contribution < -0.4 is 5.32 Å². The van der Waals surface area contributed by atoms with Crippen LogP contribution in [0.4, 0.5) is 0 Å². The van der Waals surface area contributed by atoms with Gasteiger partial charge in [-0.05, 0) is 43.6 Å². The van der Waals surface area contributed by atoms with Crippen LogP contribution in [-0.4, -0.2) is 22.2 Å². The number of aryl methyl sites for hydroxylation is 2. The minimum atomic E-state index is 0.0459. The van der Waals surface area contributed by atoms with Gasteiger partial charge in [0, 0.05) is 25.7 Å². The zero-order chi connectivity index (χ0) is 13.7. The van der Waals surface area contributed by atoms with Crippen molar-refractivity contribution in [1.82, 2.24) is 15.1 Å². The van der Waals surface area contributed by atoms with E-state index < -0.39 is 0 Å². The molecule has 0 aliphatic heterocycles. The maximum atomic E-state index is 10.8. The summed E-state index contributed by atoms with van der Waals surface area (Å²) in [6.07, 6.45) is 9.21. The summed E-state index contributed by atoms with van der Waals surface area (Å²) in [6, 6.07) is 0. The van der Waals surface area contributed by atoms with Crippen molar-refractivity contribution in [3.63, 3.8) is 0 Å². The fourth-order valence-electron chi connectivity index (χ4n) is 2.80. The molecule has 2 rings (SSSR count). The Morgan fingerprint density at radius 3 is 3.11 bits per heavy atom. The molecule has 0 spiro atoms. The number of aromatic nitrogens is 2. The molecule has 19 heavy (non-hydrogen) atoms. The Bertz CT molecular complexity index is 425. The first-order valence-corrected chi connectivity index (χ1v) is 7.45. The fourth-order valence-corrected chi connectivity index (χ4v) is 2.80. The van der Waals surface area contributed by atoms with E-state index in [-0.39, 0.29) is 5.91 Å². The topological polar surface area (TPSA) is 46.9 Å². The van der Waals surface area contributed by atoms with Gasteiger partial charge in [-0.3, -0.25) is 9.48 Å². The molecule has 1 amide bonds. The van der Waals surface area contributed by atoms with Crippen molar-refractivity contribution in [3.8, 4) is 0 Å². The lowest BCUT2D eigenvalue weighted by molar-refractivity contribution is -0.118. The second-order valence-corrected chi connectivity index (χ2v) is 5.71. The Morgan fingerprint density at radius 1 is 1.47 bits per heavy atom. The lowest BCUT2D eigenvalue weighted by Gasteiger charge is -2.17. The third-order valence-corrected chi connectivity index (χ3v) is 3.97. The smallest absolute Gasteiger partial charge is 0.216 e. The van der Waals surface area contributed by atoms with Crippen LogP contribution in [0.1, 0.15) is 50.8 Å². The Balaban J connectivity index is 1.92. The highest BCUT2D eigenvalue weighted by atomic mass is 16.1. The summed E-state index contributed by atoms with van der Waals surface area (Å²) in [5.41, 5.74) is 2.86. The molecule has 4 heteroatoms. The van der Waals surface area contributed by atoms with Crippen molar-refractivity contribution < 1.29 is 4.79 Å². The standard InChI is InChI=1S/C15H25N3O/c1-12-5-3-6-14-11-17-18(15(14)8-7-12)10-4-9-16-13(2)19/h11-12H,3-10H2,1-2H3,(H,16,19). The van der Waals surface area contributed by atoms with Gasteiger partial charge in [0.05, 0.1) is 6.20 Å². The van der Waals surface area contributed by atoms with Gasteiger partial charge in [0.2, 0.25) is 5.91 Å². The molecule has 0 aromatic carbocycles. The molecule has 1 aromatic rings. The monoisotopic (exact) mass is 263 g/mol. The molecular formula is C15H25N3O. The molecule has 1 aromatic heterocycles. The van der Waals surface area contributed by atoms with Crippen LogP contribution in [0, 0.1) is 5.92 Å². The largest absolute Gasteiger partial charge is 0.356 e. The fraction of sp³-hybridized carbons (Fsp3) is 0.733. The van der Waals surface area contributed by atoms with E-state index in [4.69, 9.17) is 0 Å². The maximum absolute atomic E-state index is 10.8. The SMILES string of the molecule is CC(=O)NCCCn1ncc2c1CCC(C)CCC2. The molecule has 1 atom stereocenters. The first-order valence-electron chi connectivity index (χ1n) is 7.45. The van der Waals surface area contributed by atoms with Gasteiger partial charge in [0.25, 0.3) is 0 Å². The molecule has 4 nitrogen and oxygen atoms in total. The average Bonchev–Trinajstić information content (AvgIpc) is 2.71. The summed E-state index contributed by atoms with van der Waals surface area (Å²) in [5, 5.41) is 7.36. The number of nitrogens with zero attached hydrogens (tertiary/aromatic N) is 2. The van der Waals surface area contributed by atoms with Gasteiger partial charge < -0.3 is 5.32 Å². The number of nitrogens with one attached hydrogen (secondary N) is 1. The number of carbonyl (C=O) groups excluding carboxylic acids is 1. The van der Waals surface area contributed by atoms with Crippen LogP contribution >= 0.6 is 0 Å². The molecule has 1 N–H and O–H groups in total. The predicted octanol–water partition coefficient (Wildman–Crippen LogP) is 2.31. The van der Waals surface area contributed by atoms with Crippen molar-refractivity contribution >= 4 is 5.91 Å². The second-order valence-electron chi connectivity index (χ2n) is 5.71. The van der Waals surface area contributed by atoms with Gasteiger partial charge in [0.1, 0.15) is 0 Å². The number of carbonyl (C=O) groups is 1. The third-order valence-electron chi connectivity index (χ3n) is 3.97. The molecule has 1 heterocycles. The second kappa shape index (κ2) is 6.73.